The zero-order valence-electron chi connectivity index (χ0n) is 7.97. The van der Waals surface area contributed by atoms with Gasteiger partial charge in [-0.15, -0.1) is 0 Å². The number of carbonyl (C=O) groups excluding carboxylic acids is 1. The molecule has 1 rings (SSSR count). The first kappa shape index (κ1) is 12.3. The molecule has 0 amide bonds. The molecular formula is C9H6F4O3. The Hall–Kier alpha value is -1.79. The second-order valence-electron chi connectivity index (χ2n) is 2.73. The van der Waals surface area contributed by atoms with Crippen LogP contribution < -0.4 is 4.74 Å². The molecule has 0 aromatic heterocycles. The topological polar surface area (TPSA) is 35.5 Å². The number of rotatable bonds is 1. The second-order valence-corrected chi connectivity index (χ2v) is 2.73. The Morgan fingerprint density at radius 2 is 1.88 bits per heavy atom. The fraction of sp³-hybridized carbons (Fsp3) is 0.222. The van der Waals surface area contributed by atoms with Crippen molar-refractivity contribution in [3.05, 3.63) is 29.6 Å². The highest BCUT2D eigenvalue weighted by molar-refractivity contribution is 5.63. The van der Waals surface area contributed by atoms with Crippen LogP contribution in [0.2, 0.25) is 0 Å². The third-order valence-electron chi connectivity index (χ3n) is 1.57. The summed E-state index contributed by atoms with van der Waals surface area (Å²) in [5, 5.41) is 0. The summed E-state index contributed by atoms with van der Waals surface area (Å²) in [7, 11) is 0.978. The standard InChI is InChI=1S/C9H6F4O3/c1-15-8(14)16-7-3-5(9(11,12)13)2-6(10)4-7/h2-4H,1H3. The van der Waals surface area contributed by atoms with Crippen molar-refractivity contribution < 1.29 is 31.8 Å². The Morgan fingerprint density at radius 1 is 1.25 bits per heavy atom. The lowest BCUT2D eigenvalue weighted by Gasteiger charge is -2.08. The van der Waals surface area contributed by atoms with E-state index in [9.17, 15) is 22.4 Å². The van der Waals surface area contributed by atoms with E-state index < -0.39 is 29.5 Å². The number of benzene rings is 1. The molecule has 0 unspecified atom stereocenters. The minimum atomic E-state index is -4.71. The predicted octanol–water partition coefficient (Wildman–Crippen LogP) is 2.99. The van der Waals surface area contributed by atoms with E-state index in [0.29, 0.717) is 18.2 Å². The summed E-state index contributed by atoms with van der Waals surface area (Å²) in [5.41, 5.74) is -1.24. The molecule has 16 heavy (non-hydrogen) atoms. The summed E-state index contributed by atoms with van der Waals surface area (Å²) in [5.74, 6) is -1.73. The zero-order valence-corrected chi connectivity index (χ0v) is 7.97. The number of hydrogen-bond donors (Lipinski definition) is 0. The Morgan fingerprint density at radius 3 is 2.38 bits per heavy atom. The maximum absolute atomic E-state index is 12.8. The lowest BCUT2D eigenvalue weighted by atomic mass is 10.2. The molecule has 0 bridgehead atoms. The van der Waals surface area contributed by atoms with Crippen LogP contribution >= 0.6 is 0 Å². The van der Waals surface area contributed by atoms with Gasteiger partial charge in [0.25, 0.3) is 0 Å². The van der Waals surface area contributed by atoms with Gasteiger partial charge in [-0.3, -0.25) is 0 Å². The summed E-state index contributed by atoms with van der Waals surface area (Å²) in [6, 6.07) is 1.44. The molecule has 0 fully saturated rings. The molecule has 0 aliphatic heterocycles. The fourth-order valence-corrected chi connectivity index (χ4v) is 0.923. The van der Waals surface area contributed by atoms with Crippen molar-refractivity contribution in [1.82, 2.24) is 0 Å². The van der Waals surface area contributed by atoms with Crippen LogP contribution in [0.3, 0.4) is 0 Å². The molecule has 0 heterocycles. The lowest BCUT2D eigenvalue weighted by molar-refractivity contribution is -0.137. The monoisotopic (exact) mass is 238 g/mol. The van der Waals surface area contributed by atoms with Crippen LogP contribution in [0.15, 0.2) is 18.2 Å². The van der Waals surface area contributed by atoms with Crippen LogP contribution in [0.4, 0.5) is 22.4 Å². The van der Waals surface area contributed by atoms with Crippen molar-refractivity contribution in [3.63, 3.8) is 0 Å². The van der Waals surface area contributed by atoms with Gasteiger partial charge in [-0.25, -0.2) is 9.18 Å². The Kier molecular flexibility index (Phi) is 3.36. The van der Waals surface area contributed by atoms with Crippen LogP contribution in [-0.2, 0) is 10.9 Å². The van der Waals surface area contributed by atoms with Gasteiger partial charge in [-0.2, -0.15) is 13.2 Å². The Bertz CT molecular complexity index is 400. The van der Waals surface area contributed by atoms with E-state index in [4.69, 9.17) is 0 Å². The van der Waals surface area contributed by atoms with Gasteiger partial charge in [0.05, 0.1) is 12.7 Å². The van der Waals surface area contributed by atoms with Gasteiger partial charge in [0.1, 0.15) is 11.6 Å². The van der Waals surface area contributed by atoms with Gasteiger partial charge in [0.15, 0.2) is 0 Å². The Balaban J connectivity index is 3.04. The van der Waals surface area contributed by atoms with Gasteiger partial charge in [0.2, 0.25) is 0 Å². The number of carbonyl (C=O) groups is 1. The normalized spacial score (nSPS) is 11.1. The molecule has 3 nitrogen and oxygen atoms in total. The molecule has 1 aromatic carbocycles. The van der Waals surface area contributed by atoms with Crippen molar-refractivity contribution in [2.24, 2.45) is 0 Å². The molecule has 0 aliphatic carbocycles. The fourth-order valence-electron chi connectivity index (χ4n) is 0.923. The van der Waals surface area contributed by atoms with Gasteiger partial charge < -0.3 is 9.47 Å². The van der Waals surface area contributed by atoms with Crippen LogP contribution in [-0.4, -0.2) is 13.3 Å². The number of hydrogen-bond acceptors (Lipinski definition) is 3. The zero-order chi connectivity index (χ0) is 12.3. The first-order valence-electron chi connectivity index (χ1n) is 3.96. The van der Waals surface area contributed by atoms with E-state index in [1.165, 1.54) is 0 Å². The molecule has 0 spiro atoms. The minimum absolute atomic E-state index is 0.296. The largest absolute Gasteiger partial charge is 0.513 e. The van der Waals surface area contributed by atoms with E-state index in [1.807, 2.05) is 0 Å². The average Bonchev–Trinajstić information content (AvgIpc) is 2.15. The smallest absolute Gasteiger partial charge is 0.437 e. The minimum Gasteiger partial charge on any atom is -0.437 e. The SMILES string of the molecule is COC(=O)Oc1cc(F)cc(C(F)(F)F)c1. The second kappa shape index (κ2) is 4.38. The first-order valence-corrected chi connectivity index (χ1v) is 3.96. The van der Waals surface area contributed by atoms with Crippen molar-refractivity contribution in [2.75, 3.05) is 7.11 Å². The number of ether oxygens (including phenoxy) is 2. The van der Waals surface area contributed by atoms with Crippen LogP contribution in [0.5, 0.6) is 5.75 Å². The molecule has 0 saturated heterocycles. The molecule has 0 aliphatic rings. The molecule has 0 radical (unpaired) electrons. The number of halogens is 4. The van der Waals surface area contributed by atoms with Crippen LogP contribution in [0, 0.1) is 5.82 Å². The summed E-state index contributed by atoms with van der Waals surface area (Å²) in [4.78, 5) is 10.6. The average molecular weight is 238 g/mol. The molecule has 88 valence electrons. The van der Waals surface area contributed by atoms with E-state index in [1.54, 1.807) is 0 Å². The number of methoxy groups -OCH3 is 1. The van der Waals surface area contributed by atoms with Crippen molar-refractivity contribution in [2.45, 2.75) is 6.18 Å². The molecule has 0 N–H and O–H groups in total. The predicted molar refractivity (Wildman–Crippen MR) is 44.4 cm³/mol. The molecule has 0 atom stereocenters. The quantitative estimate of drug-likeness (QED) is 0.428. The van der Waals surface area contributed by atoms with Gasteiger partial charge >= 0.3 is 12.3 Å². The highest BCUT2D eigenvalue weighted by atomic mass is 19.4. The molecule has 1 aromatic rings. The molecule has 7 heteroatoms. The highest BCUT2D eigenvalue weighted by Gasteiger charge is 2.31. The molecular weight excluding hydrogens is 232 g/mol. The maximum Gasteiger partial charge on any atom is 0.513 e. The van der Waals surface area contributed by atoms with Gasteiger partial charge in [-0.05, 0) is 12.1 Å². The van der Waals surface area contributed by atoms with Gasteiger partial charge in [0, 0.05) is 6.07 Å². The summed E-state index contributed by atoms with van der Waals surface area (Å²) >= 11 is 0. The van der Waals surface area contributed by atoms with Crippen LogP contribution in [0.1, 0.15) is 5.56 Å². The molecule has 0 saturated carbocycles. The van der Waals surface area contributed by atoms with Crippen molar-refractivity contribution in [3.8, 4) is 5.75 Å². The Labute approximate surface area is 87.6 Å². The summed E-state index contributed by atoms with van der Waals surface area (Å²) in [6.45, 7) is 0. The van der Waals surface area contributed by atoms with E-state index in [-0.39, 0.29) is 0 Å². The van der Waals surface area contributed by atoms with E-state index in [0.717, 1.165) is 7.11 Å². The highest BCUT2D eigenvalue weighted by Crippen LogP contribution is 2.32. The summed E-state index contributed by atoms with van der Waals surface area (Å²) < 4.78 is 57.8. The maximum atomic E-state index is 12.8. The van der Waals surface area contributed by atoms with E-state index >= 15 is 0 Å². The third-order valence-corrected chi connectivity index (χ3v) is 1.57. The van der Waals surface area contributed by atoms with Gasteiger partial charge in [-0.1, -0.05) is 0 Å². The number of alkyl halides is 3. The lowest BCUT2D eigenvalue weighted by Crippen LogP contribution is -2.10. The van der Waals surface area contributed by atoms with Crippen LogP contribution in [0.25, 0.3) is 0 Å². The first-order chi connectivity index (χ1) is 7.32. The van der Waals surface area contributed by atoms with Crippen molar-refractivity contribution >= 4 is 6.16 Å². The van der Waals surface area contributed by atoms with E-state index in [2.05, 4.69) is 9.47 Å². The summed E-state index contributed by atoms with van der Waals surface area (Å²) in [6.07, 6.45) is -5.94. The van der Waals surface area contributed by atoms with Crippen molar-refractivity contribution in [1.29, 1.82) is 0 Å². The third kappa shape index (κ3) is 3.11.